The maximum Gasteiger partial charge on any atom is 0.330 e. The summed E-state index contributed by atoms with van der Waals surface area (Å²) >= 11 is 0. The van der Waals surface area contributed by atoms with Crippen molar-refractivity contribution in [3.05, 3.63) is 83.2 Å². The van der Waals surface area contributed by atoms with Crippen LogP contribution in [0.15, 0.2) is 60.9 Å². The molecule has 5 heteroatoms. The average molecular weight is 509 g/mol. The number of carbonyl (C=O) groups excluding carboxylic acids is 1. The monoisotopic (exact) mass is 508 g/mol. The highest BCUT2D eigenvalue weighted by Crippen LogP contribution is 2.62. The summed E-state index contributed by atoms with van der Waals surface area (Å²) < 4.78 is 11.6. The van der Waals surface area contributed by atoms with Gasteiger partial charge in [-0.3, -0.25) is 0 Å². The second-order valence-corrected chi connectivity index (χ2v) is 11.6. The number of hydrogen-bond acceptors (Lipinski definition) is 5. The van der Waals surface area contributed by atoms with Gasteiger partial charge in [0.05, 0.1) is 6.61 Å². The molecule has 0 unspecified atom stereocenters. The maximum absolute atomic E-state index is 11.7. The fraction of sp³-hybridized carbons (Fsp3) is 0.424. The number of esters is 1. The lowest BCUT2D eigenvalue weighted by atomic mass is 9.48. The summed E-state index contributed by atoms with van der Waals surface area (Å²) in [6.45, 7) is 4.83. The molecule has 1 aromatic heterocycles. The summed E-state index contributed by atoms with van der Waals surface area (Å²) in [5.74, 6) is 3.89. The third-order valence-corrected chi connectivity index (χ3v) is 8.78. The molecule has 0 spiro atoms. The second kappa shape index (κ2) is 10.4. The second-order valence-electron chi connectivity index (χ2n) is 11.6. The zero-order valence-electron chi connectivity index (χ0n) is 22.4. The molecule has 5 nitrogen and oxygen atoms in total. The Labute approximate surface area is 225 Å². The first kappa shape index (κ1) is 24.8. The Hall–Kier alpha value is -3.47. The topological polar surface area (TPSA) is 61.3 Å². The molecule has 0 aliphatic heterocycles. The van der Waals surface area contributed by atoms with Gasteiger partial charge in [0.2, 0.25) is 0 Å². The molecule has 4 aliphatic carbocycles. The van der Waals surface area contributed by atoms with E-state index in [0.717, 1.165) is 40.2 Å². The standard InChI is InChI=1S/C33H36N2O3/c1-3-37-31(36)10-9-24-19-34-32(35-20-24)28-15-29(33-16-25-12-26(17-33)14-27(13-25)18-33)30(11-22(28)2)38-21-23-7-5-4-6-8-23/h4-11,15,19-20,25-27H,3,12-14,16-18,21H2,1-2H3/b10-9+. The van der Waals surface area contributed by atoms with Gasteiger partial charge in [-0.15, -0.1) is 0 Å². The Kier molecular flexibility index (Phi) is 6.77. The van der Waals surface area contributed by atoms with E-state index in [1.807, 2.05) is 6.07 Å². The molecule has 196 valence electrons. The van der Waals surface area contributed by atoms with Gasteiger partial charge < -0.3 is 9.47 Å². The lowest BCUT2D eigenvalue weighted by Crippen LogP contribution is -2.48. The normalized spacial score (nSPS) is 25.6. The van der Waals surface area contributed by atoms with Gasteiger partial charge in [-0.2, -0.15) is 0 Å². The molecule has 7 rings (SSSR count). The van der Waals surface area contributed by atoms with Crippen molar-refractivity contribution < 1.29 is 14.3 Å². The molecule has 0 N–H and O–H groups in total. The molecule has 0 radical (unpaired) electrons. The lowest BCUT2D eigenvalue weighted by molar-refractivity contribution is -0.137. The minimum absolute atomic E-state index is 0.186. The molecule has 4 aliphatic rings. The van der Waals surface area contributed by atoms with Crippen molar-refractivity contribution >= 4 is 12.0 Å². The summed E-state index contributed by atoms with van der Waals surface area (Å²) in [4.78, 5) is 21.0. The number of carbonyl (C=O) groups is 1. The fourth-order valence-electron chi connectivity index (χ4n) is 7.55. The molecule has 2 aromatic carbocycles. The summed E-state index contributed by atoms with van der Waals surface area (Å²) in [5, 5.41) is 0. The summed E-state index contributed by atoms with van der Waals surface area (Å²) in [7, 11) is 0. The minimum Gasteiger partial charge on any atom is -0.489 e. The van der Waals surface area contributed by atoms with Crippen LogP contribution in [0.1, 0.15) is 67.7 Å². The van der Waals surface area contributed by atoms with Crippen LogP contribution in [0.2, 0.25) is 0 Å². The molecule has 38 heavy (non-hydrogen) atoms. The molecule has 0 saturated heterocycles. The van der Waals surface area contributed by atoms with E-state index in [-0.39, 0.29) is 11.4 Å². The molecule has 1 heterocycles. The first-order valence-electron chi connectivity index (χ1n) is 14.0. The molecular formula is C33H36N2O3. The van der Waals surface area contributed by atoms with E-state index in [1.165, 1.54) is 55.7 Å². The van der Waals surface area contributed by atoms with Crippen molar-refractivity contribution in [3.8, 4) is 17.1 Å². The number of benzene rings is 2. The van der Waals surface area contributed by atoms with Gasteiger partial charge >= 0.3 is 5.97 Å². The number of aromatic nitrogens is 2. The van der Waals surface area contributed by atoms with E-state index < -0.39 is 0 Å². The quantitative estimate of drug-likeness (QED) is 0.240. The van der Waals surface area contributed by atoms with Crippen molar-refractivity contribution in [1.82, 2.24) is 9.97 Å². The molecule has 4 fully saturated rings. The lowest BCUT2D eigenvalue weighted by Gasteiger charge is -2.57. The SMILES string of the molecule is CCOC(=O)/C=C/c1cnc(-c2cc(C34CC5CC(CC(C5)C3)C4)c(OCc3ccccc3)cc2C)nc1. The molecule has 4 bridgehead atoms. The first-order valence-corrected chi connectivity index (χ1v) is 14.0. The average Bonchev–Trinajstić information content (AvgIpc) is 2.91. The Balaban J connectivity index is 1.34. The van der Waals surface area contributed by atoms with Gasteiger partial charge in [-0.1, -0.05) is 30.3 Å². The minimum atomic E-state index is -0.362. The highest BCUT2D eigenvalue weighted by atomic mass is 16.5. The predicted molar refractivity (Wildman–Crippen MR) is 148 cm³/mol. The summed E-state index contributed by atoms with van der Waals surface area (Å²) in [5.41, 5.74) is 5.65. The smallest absolute Gasteiger partial charge is 0.330 e. The highest BCUT2D eigenvalue weighted by molar-refractivity contribution is 5.86. The Morgan fingerprint density at radius 1 is 1.00 bits per heavy atom. The third-order valence-electron chi connectivity index (χ3n) is 8.78. The third kappa shape index (κ3) is 4.99. The Morgan fingerprint density at radius 3 is 2.29 bits per heavy atom. The number of hydrogen-bond donors (Lipinski definition) is 0. The van der Waals surface area contributed by atoms with E-state index in [0.29, 0.717) is 19.0 Å². The van der Waals surface area contributed by atoms with Crippen LogP contribution in [-0.4, -0.2) is 22.5 Å². The van der Waals surface area contributed by atoms with Gasteiger partial charge in [-0.25, -0.2) is 14.8 Å². The van der Waals surface area contributed by atoms with Crippen LogP contribution in [0.4, 0.5) is 0 Å². The van der Waals surface area contributed by atoms with Crippen LogP contribution in [0.5, 0.6) is 5.75 Å². The molecular weight excluding hydrogens is 472 g/mol. The number of aryl methyl sites for hydroxylation is 1. The van der Waals surface area contributed by atoms with Gasteiger partial charge in [0.15, 0.2) is 5.82 Å². The molecule has 0 amide bonds. The van der Waals surface area contributed by atoms with E-state index in [4.69, 9.17) is 9.47 Å². The highest BCUT2D eigenvalue weighted by Gasteiger charge is 2.52. The molecule has 0 atom stereocenters. The van der Waals surface area contributed by atoms with E-state index >= 15 is 0 Å². The predicted octanol–water partition coefficient (Wildman–Crippen LogP) is 7.08. The van der Waals surface area contributed by atoms with E-state index in [9.17, 15) is 4.79 Å². The van der Waals surface area contributed by atoms with Crippen molar-refractivity contribution in [1.29, 1.82) is 0 Å². The van der Waals surface area contributed by atoms with Gasteiger partial charge in [0, 0.05) is 35.2 Å². The van der Waals surface area contributed by atoms with Crippen LogP contribution in [0.25, 0.3) is 17.5 Å². The number of rotatable bonds is 8. The zero-order chi connectivity index (χ0) is 26.1. The van der Waals surface area contributed by atoms with Crippen molar-refractivity contribution in [3.63, 3.8) is 0 Å². The van der Waals surface area contributed by atoms with Gasteiger partial charge in [0.25, 0.3) is 0 Å². The largest absolute Gasteiger partial charge is 0.489 e. The van der Waals surface area contributed by atoms with Gasteiger partial charge in [-0.05, 0) is 105 Å². The van der Waals surface area contributed by atoms with Crippen molar-refractivity contribution in [2.45, 2.75) is 64.4 Å². The Bertz CT molecular complexity index is 1300. The zero-order valence-corrected chi connectivity index (χ0v) is 22.4. The number of ether oxygens (including phenoxy) is 2. The van der Waals surface area contributed by atoms with Crippen LogP contribution in [0, 0.1) is 24.7 Å². The van der Waals surface area contributed by atoms with Crippen LogP contribution < -0.4 is 4.74 Å². The fourth-order valence-corrected chi connectivity index (χ4v) is 7.55. The Morgan fingerprint density at radius 2 is 1.66 bits per heavy atom. The van der Waals surface area contributed by atoms with Crippen LogP contribution in [0.3, 0.4) is 0 Å². The summed E-state index contributed by atoms with van der Waals surface area (Å²) in [6.07, 6.45) is 14.6. The van der Waals surface area contributed by atoms with E-state index in [2.05, 4.69) is 53.3 Å². The van der Waals surface area contributed by atoms with Crippen LogP contribution in [-0.2, 0) is 21.6 Å². The summed E-state index contributed by atoms with van der Waals surface area (Å²) in [6, 6.07) is 15.0. The van der Waals surface area contributed by atoms with Crippen LogP contribution >= 0.6 is 0 Å². The van der Waals surface area contributed by atoms with Gasteiger partial charge in [0.1, 0.15) is 12.4 Å². The van der Waals surface area contributed by atoms with E-state index in [1.54, 1.807) is 25.4 Å². The van der Waals surface area contributed by atoms with Crippen molar-refractivity contribution in [2.24, 2.45) is 17.8 Å². The molecule has 3 aromatic rings. The number of nitrogens with zero attached hydrogens (tertiary/aromatic N) is 2. The van der Waals surface area contributed by atoms with Crippen molar-refractivity contribution in [2.75, 3.05) is 6.61 Å². The molecule has 4 saturated carbocycles. The first-order chi connectivity index (χ1) is 18.5. The maximum atomic E-state index is 11.7.